The molecule has 0 spiro atoms. The molecule has 0 saturated heterocycles. The van der Waals surface area contributed by atoms with Crippen molar-refractivity contribution in [1.29, 1.82) is 0 Å². The molecule has 0 fully saturated rings. The minimum atomic E-state index is -0.278. The van der Waals surface area contributed by atoms with Crippen molar-refractivity contribution in [2.45, 2.75) is 120 Å². The van der Waals surface area contributed by atoms with E-state index in [1.165, 1.54) is 64.2 Å². The van der Waals surface area contributed by atoms with Crippen molar-refractivity contribution >= 4 is 73.4 Å². The van der Waals surface area contributed by atoms with Crippen molar-refractivity contribution in [3.05, 3.63) is 0 Å². The van der Waals surface area contributed by atoms with E-state index < -0.39 is 0 Å². The standard InChI is InChI=1S/C9H20.C5H12.2C2H6.3HI.H2S.2V/c1-3-5-7-9-8-6-4-2;1-3-5-4-2;2*1-2;;;;;;/h3-9H2,1-2H3;3-5H2,1-2H3;2*1-2H3;3*1H;1H2;;/q;;;;;;;;;+3/p-3. The van der Waals surface area contributed by atoms with Crippen LogP contribution in [0.4, 0.5) is 0 Å². The smallest absolute Gasteiger partial charge is 0 e. The molecule has 0 saturated carbocycles. The van der Waals surface area contributed by atoms with Gasteiger partial charge in [-0.3, -0.25) is 0 Å². The van der Waals surface area contributed by atoms with Crippen LogP contribution in [0.25, 0.3) is 0 Å². The van der Waals surface area contributed by atoms with Gasteiger partial charge in [0.05, 0.1) is 0 Å². The molecule has 0 aromatic rings. The maximum absolute atomic E-state index is 2.46. The maximum Gasteiger partial charge on any atom is 0 e. The van der Waals surface area contributed by atoms with Crippen molar-refractivity contribution in [2.75, 3.05) is 0 Å². The maximum atomic E-state index is 2.46. The minimum Gasteiger partial charge on any atom is 0 e. The van der Waals surface area contributed by atoms with Crippen molar-refractivity contribution in [3.8, 4) is 0 Å². The molecule has 0 bridgehead atoms. The van der Waals surface area contributed by atoms with Gasteiger partial charge in [0.25, 0.3) is 0 Å². The van der Waals surface area contributed by atoms with Crippen molar-refractivity contribution < 1.29 is 23.5 Å². The van der Waals surface area contributed by atoms with E-state index in [0.29, 0.717) is 0 Å². The summed E-state index contributed by atoms with van der Waals surface area (Å²) in [6, 6.07) is 0. The molecule has 0 N–H and O–H groups in total. The molecule has 0 aromatic heterocycles. The Morgan fingerprint density at radius 1 is 0.500 bits per heavy atom. The molecule has 0 nitrogen and oxygen atoms in total. The van der Waals surface area contributed by atoms with Gasteiger partial charge in [-0.1, -0.05) is 120 Å². The summed E-state index contributed by atoms with van der Waals surface area (Å²) < 4.78 is 0. The third-order valence-electron chi connectivity index (χ3n) is 2.41. The van der Waals surface area contributed by atoms with Gasteiger partial charge in [0, 0.05) is 18.6 Å². The Hall–Kier alpha value is 3.71. The summed E-state index contributed by atoms with van der Waals surface area (Å²) in [5, 5.41) is 0. The van der Waals surface area contributed by atoms with Crippen LogP contribution in [0.3, 0.4) is 0 Å². The van der Waals surface area contributed by atoms with Crippen molar-refractivity contribution in [2.24, 2.45) is 0 Å². The molecule has 24 heavy (non-hydrogen) atoms. The fourth-order valence-corrected chi connectivity index (χ4v) is 1.38. The molecule has 155 valence electrons. The molecule has 0 atom stereocenters. The molecular weight excluding hydrogens is 731 g/mol. The van der Waals surface area contributed by atoms with E-state index in [9.17, 15) is 0 Å². The fraction of sp³-hybridized carbons (Fsp3) is 1.00. The first-order chi connectivity index (χ1) is 10.6. The summed E-state index contributed by atoms with van der Waals surface area (Å²) in [7, 11) is 0. The van der Waals surface area contributed by atoms with Crippen LogP contribution in [0.5, 0.6) is 0 Å². The zero-order valence-corrected chi connectivity index (χ0v) is 27.9. The molecule has 0 unspecified atom stereocenters. The predicted molar refractivity (Wildman–Crippen MR) is 144 cm³/mol. The second-order valence-electron chi connectivity index (χ2n) is 4.31. The van der Waals surface area contributed by atoms with Crippen LogP contribution in [0.1, 0.15) is 120 Å². The van der Waals surface area contributed by atoms with Crippen molar-refractivity contribution in [1.82, 2.24) is 0 Å². The Bertz CT molecular complexity index is 112. The van der Waals surface area contributed by atoms with Crippen LogP contribution in [-0.4, -0.2) is 0 Å². The van der Waals surface area contributed by atoms with E-state index in [-0.39, 0.29) is 37.0 Å². The third kappa shape index (κ3) is 114. The van der Waals surface area contributed by atoms with E-state index >= 15 is 0 Å². The normalized spacial score (nSPS) is 7.50. The van der Waals surface area contributed by atoms with Crippen molar-refractivity contribution in [3.63, 3.8) is 0 Å². The molecule has 1 radical (unpaired) electrons. The Morgan fingerprint density at radius 3 is 0.792 bits per heavy atom. The molecule has 0 aliphatic rings. The van der Waals surface area contributed by atoms with Crippen LogP contribution in [0.15, 0.2) is 0 Å². The van der Waals surface area contributed by atoms with Crippen LogP contribution in [0.2, 0.25) is 0 Å². The average Bonchev–Trinajstić information content (AvgIpc) is 2.52. The van der Waals surface area contributed by atoms with E-state index in [1.807, 2.05) is 27.7 Å². The van der Waals surface area contributed by atoms with Gasteiger partial charge in [0.15, 0.2) is 0 Å². The Kier molecular flexibility index (Phi) is 121. The van der Waals surface area contributed by atoms with E-state index in [2.05, 4.69) is 87.6 Å². The average molecular weight is 777 g/mol. The number of hydrogen-bond donors (Lipinski definition) is 0. The molecule has 6 heteroatoms. The molecule has 0 aliphatic heterocycles. The van der Waals surface area contributed by atoms with E-state index in [1.54, 1.807) is 0 Å². The second kappa shape index (κ2) is 63.2. The molecule has 0 aliphatic carbocycles. The Balaban J connectivity index is -0.0000000335. The fourth-order valence-electron chi connectivity index (χ4n) is 1.38. The number of hydrogen-bond acceptors (Lipinski definition) is 0. The van der Waals surface area contributed by atoms with Gasteiger partial charge < -0.3 is 0 Å². The topological polar surface area (TPSA) is 0 Å². The summed E-state index contributed by atoms with van der Waals surface area (Å²) in [4.78, 5) is -0.278. The molecular formula is C18H46I3SV2. The summed E-state index contributed by atoms with van der Waals surface area (Å²) in [5.74, 6) is 0. The van der Waals surface area contributed by atoms with Gasteiger partial charge >= 0.3 is 64.9 Å². The molecule has 0 amide bonds. The minimum absolute atomic E-state index is 0. The van der Waals surface area contributed by atoms with Gasteiger partial charge in [-0.2, -0.15) is 13.5 Å². The first-order valence-electron chi connectivity index (χ1n) is 9.34. The first-order valence-corrected chi connectivity index (χ1v) is 22.9. The molecule has 0 heterocycles. The SMILES string of the molecule is CC.CC.CCCCC.CCCCCCCCC.S.[I][V]([I])[I].[V]. The Labute approximate surface area is 213 Å². The largest absolute Gasteiger partial charge is 0 e. The summed E-state index contributed by atoms with van der Waals surface area (Å²) in [6.45, 7) is 17.0. The van der Waals surface area contributed by atoms with Crippen LogP contribution in [0, 0.1) is 0 Å². The van der Waals surface area contributed by atoms with Gasteiger partial charge in [0.1, 0.15) is 0 Å². The summed E-state index contributed by atoms with van der Waals surface area (Å²) >= 11 is 7.39. The quantitative estimate of drug-likeness (QED) is 0.170. The van der Waals surface area contributed by atoms with Crippen LogP contribution in [-0.2, 0) is 23.5 Å². The van der Waals surface area contributed by atoms with E-state index in [0.717, 1.165) is 0 Å². The second-order valence-corrected chi connectivity index (χ2v) is 39.7. The molecule has 0 rings (SSSR count). The predicted octanol–water partition coefficient (Wildman–Crippen LogP) is 10.8. The summed E-state index contributed by atoms with van der Waals surface area (Å²) in [6.07, 6.45) is 14.0. The van der Waals surface area contributed by atoms with Crippen LogP contribution < -0.4 is 0 Å². The monoisotopic (exact) mass is 777 g/mol. The number of rotatable bonds is 8. The van der Waals surface area contributed by atoms with Gasteiger partial charge in [-0.05, 0) is 0 Å². The number of unbranched alkanes of at least 4 members (excludes halogenated alkanes) is 8. The first kappa shape index (κ1) is 46.1. The summed E-state index contributed by atoms with van der Waals surface area (Å²) in [5.41, 5.74) is 0. The zero-order chi connectivity index (χ0) is 18.6. The van der Waals surface area contributed by atoms with Gasteiger partial charge in [0.2, 0.25) is 0 Å². The van der Waals surface area contributed by atoms with E-state index in [4.69, 9.17) is 0 Å². The third-order valence-corrected chi connectivity index (χ3v) is 2.41. The van der Waals surface area contributed by atoms with Gasteiger partial charge in [-0.25, -0.2) is 0 Å². The van der Waals surface area contributed by atoms with Gasteiger partial charge in [-0.15, -0.1) is 0 Å². The zero-order valence-electron chi connectivity index (χ0n) is 17.6. The Morgan fingerprint density at radius 2 is 0.667 bits per heavy atom. The number of halogens is 3. The van der Waals surface area contributed by atoms with Crippen LogP contribution >= 0.6 is 73.4 Å². The molecule has 0 aromatic carbocycles.